The molecule has 0 spiro atoms. The fourth-order valence-electron chi connectivity index (χ4n) is 1.28. The Bertz CT molecular complexity index is 204. The molecule has 0 aromatic heterocycles. The minimum absolute atomic E-state index is 0.656. The number of hydrogen-bond donors (Lipinski definition) is 3. The van der Waals surface area contributed by atoms with Gasteiger partial charge in [0.2, 0.25) is 5.96 Å². The van der Waals surface area contributed by atoms with Crippen LogP contribution < -0.4 is 16.6 Å². The SMILES string of the molecule is CCCCN=C(NN)NCCOCC1CC1. The minimum Gasteiger partial charge on any atom is -0.379 e. The van der Waals surface area contributed by atoms with Crippen molar-refractivity contribution in [1.82, 2.24) is 10.7 Å². The van der Waals surface area contributed by atoms with Crippen molar-refractivity contribution in [3.05, 3.63) is 0 Å². The van der Waals surface area contributed by atoms with Gasteiger partial charge >= 0.3 is 0 Å². The van der Waals surface area contributed by atoms with Gasteiger partial charge in [0.15, 0.2) is 0 Å². The zero-order valence-electron chi connectivity index (χ0n) is 10.2. The van der Waals surface area contributed by atoms with E-state index in [0.717, 1.165) is 38.5 Å². The van der Waals surface area contributed by atoms with Gasteiger partial charge in [-0.25, -0.2) is 5.84 Å². The van der Waals surface area contributed by atoms with Crippen molar-refractivity contribution in [1.29, 1.82) is 0 Å². The molecule has 0 aromatic carbocycles. The Labute approximate surface area is 97.8 Å². The van der Waals surface area contributed by atoms with Crippen LogP contribution in [0.4, 0.5) is 0 Å². The van der Waals surface area contributed by atoms with Gasteiger partial charge in [0.05, 0.1) is 6.61 Å². The van der Waals surface area contributed by atoms with Gasteiger partial charge in [-0.05, 0) is 25.2 Å². The van der Waals surface area contributed by atoms with E-state index in [9.17, 15) is 0 Å². The Balaban J connectivity index is 1.96. The van der Waals surface area contributed by atoms with E-state index in [2.05, 4.69) is 22.7 Å². The van der Waals surface area contributed by atoms with E-state index in [1.807, 2.05) is 0 Å². The van der Waals surface area contributed by atoms with Crippen LogP contribution in [0, 0.1) is 5.92 Å². The van der Waals surface area contributed by atoms with E-state index in [1.165, 1.54) is 12.8 Å². The maximum Gasteiger partial charge on any atom is 0.205 e. The third-order valence-corrected chi connectivity index (χ3v) is 2.51. The van der Waals surface area contributed by atoms with Crippen LogP contribution in [0.2, 0.25) is 0 Å². The van der Waals surface area contributed by atoms with Crippen LogP contribution in [0.15, 0.2) is 4.99 Å². The van der Waals surface area contributed by atoms with Crippen molar-refractivity contribution in [2.45, 2.75) is 32.6 Å². The van der Waals surface area contributed by atoms with E-state index in [0.29, 0.717) is 12.6 Å². The molecular formula is C11H24N4O. The standard InChI is InChI=1S/C11H24N4O/c1-2-3-6-13-11(15-12)14-7-8-16-9-10-4-5-10/h10H,2-9,12H2,1H3,(H2,13,14,15). The summed E-state index contributed by atoms with van der Waals surface area (Å²) in [5, 5.41) is 3.11. The van der Waals surface area contributed by atoms with E-state index < -0.39 is 0 Å². The number of nitrogens with two attached hydrogens (primary N) is 1. The second-order valence-electron chi connectivity index (χ2n) is 4.17. The third-order valence-electron chi connectivity index (χ3n) is 2.51. The predicted molar refractivity (Wildman–Crippen MR) is 66.1 cm³/mol. The molecule has 0 heterocycles. The van der Waals surface area contributed by atoms with Gasteiger partial charge in [-0.15, -0.1) is 0 Å². The highest BCUT2D eigenvalue weighted by Crippen LogP contribution is 2.28. The highest BCUT2D eigenvalue weighted by Gasteiger charge is 2.20. The van der Waals surface area contributed by atoms with E-state index in [1.54, 1.807) is 0 Å². The fraction of sp³-hybridized carbons (Fsp3) is 0.909. The molecule has 1 aliphatic carbocycles. The monoisotopic (exact) mass is 228 g/mol. The van der Waals surface area contributed by atoms with Gasteiger partial charge in [-0.2, -0.15) is 0 Å². The van der Waals surface area contributed by atoms with Gasteiger partial charge in [0.25, 0.3) is 0 Å². The molecule has 0 unspecified atom stereocenters. The van der Waals surface area contributed by atoms with Crippen LogP contribution in [0.1, 0.15) is 32.6 Å². The van der Waals surface area contributed by atoms with E-state index in [4.69, 9.17) is 10.6 Å². The van der Waals surface area contributed by atoms with Gasteiger partial charge in [0.1, 0.15) is 0 Å². The first-order chi connectivity index (χ1) is 7.86. The molecule has 5 heteroatoms. The number of rotatable bonds is 8. The number of nitrogens with zero attached hydrogens (tertiary/aromatic N) is 1. The van der Waals surface area contributed by atoms with Crippen LogP contribution >= 0.6 is 0 Å². The molecule has 1 rings (SSSR count). The van der Waals surface area contributed by atoms with Crippen molar-refractivity contribution in [2.24, 2.45) is 16.8 Å². The maximum absolute atomic E-state index is 5.49. The van der Waals surface area contributed by atoms with Crippen molar-refractivity contribution < 1.29 is 4.74 Å². The van der Waals surface area contributed by atoms with Gasteiger partial charge in [-0.1, -0.05) is 13.3 Å². The van der Waals surface area contributed by atoms with Crippen molar-refractivity contribution in [3.63, 3.8) is 0 Å². The molecule has 0 amide bonds. The summed E-state index contributed by atoms with van der Waals surface area (Å²) >= 11 is 0. The van der Waals surface area contributed by atoms with Crippen LogP contribution in [0.5, 0.6) is 0 Å². The second kappa shape index (κ2) is 8.35. The Morgan fingerprint density at radius 1 is 1.50 bits per heavy atom. The molecule has 0 radical (unpaired) electrons. The van der Waals surface area contributed by atoms with Gasteiger partial charge in [-0.3, -0.25) is 10.4 Å². The number of ether oxygens (including phenoxy) is 1. The summed E-state index contributed by atoms with van der Waals surface area (Å²) in [5.41, 5.74) is 2.56. The summed E-state index contributed by atoms with van der Waals surface area (Å²) in [6.07, 6.45) is 4.90. The van der Waals surface area contributed by atoms with Crippen molar-refractivity contribution >= 4 is 5.96 Å². The highest BCUT2D eigenvalue weighted by atomic mass is 16.5. The van der Waals surface area contributed by atoms with Gasteiger partial charge < -0.3 is 10.1 Å². The molecule has 1 aliphatic rings. The fourth-order valence-corrected chi connectivity index (χ4v) is 1.28. The first-order valence-corrected chi connectivity index (χ1v) is 6.19. The largest absolute Gasteiger partial charge is 0.379 e. The number of aliphatic imine (C=N–C) groups is 1. The summed E-state index contributed by atoms with van der Waals surface area (Å²) in [6.45, 7) is 5.32. The average Bonchev–Trinajstić information content (AvgIpc) is 3.10. The van der Waals surface area contributed by atoms with Crippen LogP contribution in [-0.2, 0) is 4.74 Å². The molecule has 4 N–H and O–H groups in total. The third kappa shape index (κ3) is 6.63. The molecule has 0 saturated heterocycles. The summed E-state index contributed by atoms with van der Waals surface area (Å²) < 4.78 is 5.49. The average molecular weight is 228 g/mol. The molecule has 0 aliphatic heterocycles. The highest BCUT2D eigenvalue weighted by molar-refractivity contribution is 5.79. The lowest BCUT2D eigenvalue weighted by Crippen LogP contribution is -2.43. The van der Waals surface area contributed by atoms with Crippen molar-refractivity contribution in [3.8, 4) is 0 Å². The first-order valence-electron chi connectivity index (χ1n) is 6.19. The molecule has 0 bridgehead atoms. The number of guanidine groups is 1. The normalized spacial score (nSPS) is 16.2. The zero-order valence-corrected chi connectivity index (χ0v) is 10.2. The Morgan fingerprint density at radius 2 is 2.31 bits per heavy atom. The summed E-state index contributed by atoms with van der Waals surface area (Å²) in [5.74, 6) is 6.82. The van der Waals surface area contributed by atoms with E-state index >= 15 is 0 Å². The molecule has 1 fully saturated rings. The maximum atomic E-state index is 5.49. The zero-order chi connectivity index (χ0) is 11.6. The smallest absolute Gasteiger partial charge is 0.205 e. The lowest BCUT2D eigenvalue weighted by molar-refractivity contribution is 0.129. The molecule has 16 heavy (non-hydrogen) atoms. The summed E-state index contributed by atoms with van der Waals surface area (Å²) in [6, 6.07) is 0. The number of hydrazine groups is 1. The lowest BCUT2D eigenvalue weighted by Gasteiger charge is -2.09. The van der Waals surface area contributed by atoms with E-state index in [-0.39, 0.29) is 0 Å². The number of unbranched alkanes of at least 4 members (excludes halogenated alkanes) is 1. The Morgan fingerprint density at radius 3 is 2.94 bits per heavy atom. The quantitative estimate of drug-likeness (QED) is 0.187. The second-order valence-corrected chi connectivity index (χ2v) is 4.17. The van der Waals surface area contributed by atoms with Crippen LogP contribution in [0.25, 0.3) is 0 Å². The Kier molecular flexibility index (Phi) is 6.92. The molecule has 0 atom stereocenters. The summed E-state index contributed by atoms with van der Waals surface area (Å²) in [7, 11) is 0. The van der Waals surface area contributed by atoms with Crippen LogP contribution in [-0.4, -0.2) is 32.3 Å². The van der Waals surface area contributed by atoms with Gasteiger partial charge in [0, 0.05) is 19.7 Å². The molecule has 1 saturated carbocycles. The molecule has 0 aromatic rings. The lowest BCUT2D eigenvalue weighted by atomic mass is 10.3. The number of nitrogens with one attached hydrogen (secondary N) is 2. The Hall–Kier alpha value is -0.810. The summed E-state index contributed by atoms with van der Waals surface area (Å²) in [4.78, 5) is 4.29. The predicted octanol–water partition coefficient (Wildman–Crippen LogP) is 0.622. The molecule has 5 nitrogen and oxygen atoms in total. The number of hydrogen-bond acceptors (Lipinski definition) is 3. The topological polar surface area (TPSA) is 71.7 Å². The minimum atomic E-state index is 0.656. The van der Waals surface area contributed by atoms with Crippen molar-refractivity contribution in [2.75, 3.05) is 26.3 Å². The van der Waals surface area contributed by atoms with Crippen LogP contribution in [0.3, 0.4) is 0 Å². The molecule has 94 valence electrons. The first kappa shape index (κ1) is 13.3. The molecular weight excluding hydrogens is 204 g/mol.